The number of fused-ring (bicyclic) bond motifs is 3. The average molecular weight is 321 g/mol. The Balaban J connectivity index is 1.50. The van der Waals surface area contributed by atoms with Crippen LogP contribution in [0.2, 0.25) is 0 Å². The van der Waals surface area contributed by atoms with Gasteiger partial charge in [-0.3, -0.25) is 4.90 Å². The summed E-state index contributed by atoms with van der Waals surface area (Å²) in [7, 11) is 0. The van der Waals surface area contributed by atoms with Crippen molar-refractivity contribution in [2.75, 3.05) is 18.4 Å². The number of benzene rings is 2. The number of nitrogens with one attached hydrogen (secondary N) is 2. The minimum Gasteiger partial charge on any atom is -0.385 e. The molecule has 0 radical (unpaired) electrons. The smallest absolute Gasteiger partial charge is 0.0385 e. The van der Waals surface area contributed by atoms with Crippen LogP contribution in [-0.2, 0) is 13.1 Å². The van der Waals surface area contributed by atoms with Gasteiger partial charge >= 0.3 is 0 Å². The fraction of sp³-hybridized carbons (Fsp3) is 0.429. The van der Waals surface area contributed by atoms with Gasteiger partial charge in [0.25, 0.3) is 0 Å². The van der Waals surface area contributed by atoms with Gasteiger partial charge in [0.2, 0.25) is 0 Å². The molecule has 2 aromatic rings. The molecule has 4 rings (SSSR count). The number of hydrogen-bond donors (Lipinski definition) is 2. The molecule has 0 amide bonds. The van der Waals surface area contributed by atoms with Gasteiger partial charge in [-0.1, -0.05) is 48.5 Å². The zero-order valence-corrected chi connectivity index (χ0v) is 14.2. The predicted molar refractivity (Wildman–Crippen MR) is 100 cm³/mol. The maximum Gasteiger partial charge on any atom is 0.0385 e. The average Bonchev–Trinajstić information content (AvgIpc) is 2.97. The van der Waals surface area contributed by atoms with Gasteiger partial charge in [-0.25, -0.2) is 0 Å². The summed E-state index contributed by atoms with van der Waals surface area (Å²) >= 11 is 0. The maximum atomic E-state index is 3.70. The van der Waals surface area contributed by atoms with Crippen LogP contribution >= 0.6 is 0 Å². The van der Waals surface area contributed by atoms with Crippen LogP contribution in [0, 0.1) is 0 Å². The van der Waals surface area contributed by atoms with Gasteiger partial charge in [0.1, 0.15) is 0 Å². The molecular formula is C21H27N3. The van der Waals surface area contributed by atoms with Crippen LogP contribution in [0.3, 0.4) is 0 Å². The Morgan fingerprint density at radius 1 is 0.875 bits per heavy atom. The van der Waals surface area contributed by atoms with E-state index in [1.807, 2.05) is 0 Å². The molecule has 2 aromatic carbocycles. The van der Waals surface area contributed by atoms with Crippen molar-refractivity contribution in [1.82, 2.24) is 10.2 Å². The summed E-state index contributed by atoms with van der Waals surface area (Å²) in [6.07, 6.45) is 3.85. The zero-order chi connectivity index (χ0) is 16.2. The van der Waals surface area contributed by atoms with Crippen molar-refractivity contribution >= 4 is 5.69 Å². The Kier molecular flexibility index (Phi) is 4.81. The van der Waals surface area contributed by atoms with Crippen molar-refractivity contribution in [1.29, 1.82) is 0 Å². The number of anilines is 1. The Hall–Kier alpha value is -1.84. The van der Waals surface area contributed by atoms with Crippen LogP contribution in [0.5, 0.6) is 0 Å². The number of para-hydroxylation sites is 1. The van der Waals surface area contributed by atoms with Crippen molar-refractivity contribution < 1.29 is 0 Å². The van der Waals surface area contributed by atoms with Gasteiger partial charge in [-0.15, -0.1) is 0 Å². The van der Waals surface area contributed by atoms with E-state index in [2.05, 4.69) is 70.1 Å². The molecule has 3 nitrogen and oxygen atoms in total. The van der Waals surface area contributed by atoms with E-state index in [4.69, 9.17) is 0 Å². The Bertz CT molecular complexity index is 618. The molecular weight excluding hydrogens is 294 g/mol. The van der Waals surface area contributed by atoms with Gasteiger partial charge in [-0.05, 0) is 36.5 Å². The minimum absolute atomic E-state index is 0.653. The summed E-state index contributed by atoms with van der Waals surface area (Å²) < 4.78 is 0. The van der Waals surface area contributed by atoms with Crippen LogP contribution in [0.4, 0.5) is 5.69 Å². The van der Waals surface area contributed by atoms with Gasteiger partial charge in [0, 0.05) is 44.0 Å². The highest BCUT2D eigenvalue weighted by Crippen LogP contribution is 2.29. The molecule has 2 aliphatic heterocycles. The highest BCUT2D eigenvalue weighted by Gasteiger charge is 2.32. The molecule has 3 heteroatoms. The first-order chi connectivity index (χ1) is 11.9. The first-order valence-corrected chi connectivity index (χ1v) is 9.22. The van der Waals surface area contributed by atoms with Gasteiger partial charge in [0.15, 0.2) is 0 Å². The molecule has 1 fully saturated rings. The molecule has 2 N–H and O–H groups in total. The molecule has 0 unspecified atom stereocenters. The van der Waals surface area contributed by atoms with Crippen molar-refractivity contribution in [3.63, 3.8) is 0 Å². The second kappa shape index (κ2) is 7.37. The van der Waals surface area contributed by atoms with Gasteiger partial charge < -0.3 is 10.6 Å². The van der Waals surface area contributed by atoms with Crippen molar-refractivity contribution in [2.45, 2.75) is 44.4 Å². The summed E-state index contributed by atoms with van der Waals surface area (Å²) in [4.78, 5) is 2.74. The quantitative estimate of drug-likeness (QED) is 0.884. The molecule has 0 saturated carbocycles. The van der Waals surface area contributed by atoms with Crippen LogP contribution in [-0.4, -0.2) is 30.1 Å². The molecule has 2 atom stereocenters. The molecule has 0 spiro atoms. The first-order valence-electron chi connectivity index (χ1n) is 9.22. The van der Waals surface area contributed by atoms with E-state index in [0.29, 0.717) is 12.1 Å². The van der Waals surface area contributed by atoms with E-state index in [0.717, 1.165) is 26.2 Å². The highest BCUT2D eigenvalue weighted by molar-refractivity contribution is 5.51. The standard InChI is InChI=1S/C21H27N3/c1-2-6-17(7-3-1)16-24-19-10-11-20(24)15-22-14-18-8-4-5-9-21(18)23-13-12-19/h1-9,19-20,22-23H,10-16H2/t19-,20+/m0/s1. The third-order valence-corrected chi connectivity index (χ3v) is 5.48. The molecule has 24 heavy (non-hydrogen) atoms. The maximum absolute atomic E-state index is 3.70. The molecule has 2 aliphatic rings. The van der Waals surface area contributed by atoms with E-state index >= 15 is 0 Å². The fourth-order valence-corrected chi connectivity index (χ4v) is 4.19. The van der Waals surface area contributed by atoms with Gasteiger partial charge in [-0.2, -0.15) is 0 Å². The first kappa shape index (κ1) is 15.7. The number of nitrogens with zero attached hydrogens (tertiary/aromatic N) is 1. The van der Waals surface area contributed by atoms with Crippen LogP contribution in [0.15, 0.2) is 54.6 Å². The SMILES string of the molecule is c1ccc(CN2[C@@H]3CCNc4ccccc4CNC[C@H]2CC3)cc1. The van der Waals surface area contributed by atoms with Crippen molar-refractivity contribution in [3.8, 4) is 0 Å². The molecule has 126 valence electrons. The summed E-state index contributed by atoms with van der Waals surface area (Å²) in [6.45, 7) is 4.16. The normalized spacial score (nSPS) is 24.7. The zero-order valence-electron chi connectivity index (χ0n) is 14.2. The number of hydrogen-bond acceptors (Lipinski definition) is 3. The van der Waals surface area contributed by atoms with Gasteiger partial charge in [0.05, 0.1) is 0 Å². The van der Waals surface area contributed by atoms with Crippen molar-refractivity contribution in [2.24, 2.45) is 0 Å². The monoisotopic (exact) mass is 321 g/mol. The highest BCUT2D eigenvalue weighted by atomic mass is 15.2. The van der Waals surface area contributed by atoms with Crippen LogP contribution in [0.25, 0.3) is 0 Å². The minimum atomic E-state index is 0.653. The molecule has 2 heterocycles. The molecule has 0 aliphatic carbocycles. The lowest BCUT2D eigenvalue weighted by Gasteiger charge is -2.30. The van der Waals surface area contributed by atoms with E-state index in [1.54, 1.807) is 0 Å². The number of rotatable bonds is 2. The Morgan fingerprint density at radius 3 is 2.58 bits per heavy atom. The molecule has 2 bridgehead atoms. The lowest BCUT2D eigenvalue weighted by molar-refractivity contribution is 0.175. The Morgan fingerprint density at radius 2 is 1.67 bits per heavy atom. The van der Waals surface area contributed by atoms with E-state index in [-0.39, 0.29) is 0 Å². The lowest BCUT2D eigenvalue weighted by Crippen LogP contribution is -2.41. The predicted octanol–water partition coefficient (Wildman–Crippen LogP) is 3.63. The topological polar surface area (TPSA) is 27.3 Å². The summed E-state index contributed by atoms with van der Waals surface area (Å²) in [5.41, 5.74) is 4.10. The second-order valence-electron chi connectivity index (χ2n) is 7.05. The largest absolute Gasteiger partial charge is 0.385 e. The summed E-state index contributed by atoms with van der Waals surface area (Å²) in [6, 6.07) is 21.0. The fourth-order valence-electron chi connectivity index (χ4n) is 4.19. The molecule has 0 aromatic heterocycles. The second-order valence-corrected chi connectivity index (χ2v) is 7.05. The summed E-state index contributed by atoms with van der Waals surface area (Å²) in [5, 5.41) is 7.36. The lowest BCUT2D eigenvalue weighted by atomic mass is 10.1. The molecule has 1 saturated heterocycles. The van der Waals surface area contributed by atoms with Crippen LogP contribution in [0.1, 0.15) is 30.4 Å². The van der Waals surface area contributed by atoms with E-state index in [9.17, 15) is 0 Å². The third-order valence-electron chi connectivity index (χ3n) is 5.48. The van der Waals surface area contributed by atoms with E-state index in [1.165, 1.54) is 36.1 Å². The Labute approximate surface area is 145 Å². The third kappa shape index (κ3) is 3.47. The van der Waals surface area contributed by atoms with Crippen molar-refractivity contribution in [3.05, 3.63) is 65.7 Å². The van der Waals surface area contributed by atoms with E-state index < -0.39 is 0 Å². The summed E-state index contributed by atoms with van der Waals surface area (Å²) in [5.74, 6) is 0. The van der Waals surface area contributed by atoms with Crippen LogP contribution < -0.4 is 10.6 Å².